The van der Waals surface area contributed by atoms with Crippen LogP contribution in [0.1, 0.15) is 31.9 Å². The molecular weight excluding hydrogens is 457 g/mol. The molecular formula is C23H24F5N5O. The van der Waals surface area contributed by atoms with Gasteiger partial charge in [-0.2, -0.15) is 13.2 Å². The highest BCUT2D eigenvalue weighted by Gasteiger charge is 2.33. The summed E-state index contributed by atoms with van der Waals surface area (Å²) in [4.78, 5) is 25.2. The number of benzene rings is 1. The quantitative estimate of drug-likeness (QED) is 0.509. The van der Waals surface area contributed by atoms with Gasteiger partial charge < -0.3 is 14.4 Å². The number of hydrogen-bond donors (Lipinski definition) is 0. The molecule has 1 fully saturated rings. The first-order valence-corrected chi connectivity index (χ1v) is 10.9. The Morgan fingerprint density at radius 2 is 1.74 bits per heavy atom. The van der Waals surface area contributed by atoms with E-state index in [1.54, 1.807) is 9.47 Å². The molecule has 1 unspecified atom stereocenters. The van der Waals surface area contributed by atoms with Gasteiger partial charge >= 0.3 is 6.18 Å². The minimum absolute atomic E-state index is 0.158. The maximum atomic E-state index is 13.9. The second kappa shape index (κ2) is 9.19. The number of carbonyl (C=O) groups is 1. The standard InChI is InChI=1S/C23H24F5N5O/c1-14(2)21(33-13-30-18-10-16(24)17(25)11-19(18)33)22(34)32-7-3-6-31(8-9-32)20-5-4-15(12-29-20)23(26,27)28/h4-5,10-14,21H,3,6-9H2,1-2H3. The van der Waals surface area contributed by atoms with Gasteiger partial charge in [-0.15, -0.1) is 0 Å². The fourth-order valence-corrected chi connectivity index (χ4v) is 4.26. The third kappa shape index (κ3) is 4.69. The predicted octanol–water partition coefficient (Wildman–Crippen LogP) is 4.66. The first-order valence-electron chi connectivity index (χ1n) is 10.9. The molecule has 1 aliphatic rings. The molecule has 0 bridgehead atoms. The Bertz CT molecular complexity index is 1170. The van der Waals surface area contributed by atoms with Crippen LogP contribution >= 0.6 is 0 Å². The van der Waals surface area contributed by atoms with Crippen LogP contribution in [0.15, 0.2) is 36.8 Å². The second-order valence-corrected chi connectivity index (χ2v) is 8.66. The highest BCUT2D eigenvalue weighted by molar-refractivity contribution is 5.84. The summed E-state index contributed by atoms with van der Waals surface area (Å²) in [5.41, 5.74) is -0.226. The van der Waals surface area contributed by atoms with Gasteiger partial charge in [0.2, 0.25) is 5.91 Å². The summed E-state index contributed by atoms with van der Waals surface area (Å²) in [5, 5.41) is 0. The molecule has 0 radical (unpaired) electrons. The summed E-state index contributed by atoms with van der Waals surface area (Å²) in [5.74, 6) is -1.94. The number of alkyl halides is 3. The van der Waals surface area contributed by atoms with E-state index in [0.29, 0.717) is 43.9 Å². The maximum absolute atomic E-state index is 13.9. The van der Waals surface area contributed by atoms with Gasteiger partial charge in [-0.3, -0.25) is 4.79 Å². The van der Waals surface area contributed by atoms with E-state index >= 15 is 0 Å². The zero-order valence-corrected chi connectivity index (χ0v) is 18.7. The highest BCUT2D eigenvalue weighted by Crippen LogP contribution is 2.30. The summed E-state index contributed by atoms with van der Waals surface area (Å²) in [6.45, 7) is 5.47. The SMILES string of the molecule is CC(C)C(C(=O)N1CCCN(c2ccc(C(F)(F)F)cn2)CC1)n1cnc2cc(F)c(F)cc21. The molecule has 34 heavy (non-hydrogen) atoms. The zero-order chi connectivity index (χ0) is 24.6. The third-order valence-electron chi connectivity index (χ3n) is 6.01. The topological polar surface area (TPSA) is 54.3 Å². The van der Waals surface area contributed by atoms with Crippen molar-refractivity contribution in [3.05, 3.63) is 54.0 Å². The van der Waals surface area contributed by atoms with E-state index in [1.807, 2.05) is 18.7 Å². The molecule has 4 rings (SSSR count). The van der Waals surface area contributed by atoms with Crippen LogP contribution in [0.4, 0.5) is 27.8 Å². The van der Waals surface area contributed by atoms with Gasteiger partial charge in [0, 0.05) is 44.5 Å². The maximum Gasteiger partial charge on any atom is 0.417 e. The predicted molar refractivity (Wildman–Crippen MR) is 116 cm³/mol. The lowest BCUT2D eigenvalue weighted by Gasteiger charge is -2.29. The molecule has 0 N–H and O–H groups in total. The van der Waals surface area contributed by atoms with E-state index < -0.39 is 29.4 Å². The lowest BCUT2D eigenvalue weighted by atomic mass is 10.0. The Balaban J connectivity index is 1.53. The number of fused-ring (bicyclic) bond motifs is 1. The molecule has 6 nitrogen and oxygen atoms in total. The van der Waals surface area contributed by atoms with Crippen molar-refractivity contribution in [3.63, 3.8) is 0 Å². The third-order valence-corrected chi connectivity index (χ3v) is 6.01. The van der Waals surface area contributed by atoms with Crippen LogP contribution in [0, 0.1) is 17.6 Å². The number of aromatic nitrogens is 3. The van der Waals surface area contributed by atoms with Crippen molar-refractivity contribution in [1.82, 2.24) is 19.4 Å². The highest BCUT2D eigenvalue weighted by atomic mass is 19.4. The van der Waals surface area contributed by atoms with Crippen molar-refractivity contribution in [2.75, 3.05) is 31.1 Å². The van der Waals surface area contributed by atoms with Crippen LogP contribution < -0.4 is 4.90 Å². The van der Waals surface area contributed by atoms with Crippen molar-refractivity contribution < 1.29 is 26.7 Å². The summed E-state index contributed by atoms with van der Waals surface area (Å²) in [7, 11) is 0. The Labute approximate surface area is 193 Å². The average Bonchev–Trinajstić information content (AvgIpc) is 3.00. The van der Waals surface area contributed by atoms with Crippen molar-refractivity contribution >= 4 is 22.8 Å². The fraction of sp³-hybridized carbons (Fsp3) is 0.435. The second-order valence-electron chi connectivity index (χ2n) is 8.66. The van der Waals surface area contributed by atoms with E-state index in [2.05, 4.69) is 9.97 Å². The normalized spacial score (nSPS) is 16.2. The molecule has 1 saturated heterocycles. The van der Waals surface area contributed by atoms with Crippen LogP contribution in [0.5, 0.6) is 0 Å². The van der Waals surface area contributed by atoms with Crippen molar-refractivity contribution in [3.8, 4) is 0 Å². The Morgan fingerprint density at radius 3 is 2.38 bits per heavy atom. The fourth-order valence-electron chi connectivity index (χ4n) is 4.26. The van der Waals surface area contributed by atoms with Crippen molar-refractivity contribution in [2.24, 2.45) is 5.92 Å². The van der Waals surface area contributed by atoms with Gasteiger partial charge in [-0.1, -0.05) is 13.8 Å². The summed E-state index contributed by atoms with van der Waals surface area (Å²) < 4.78 is 67.5. The van der Waals surface area contributed by atoms with E-state index in [4.69, 9.17) is 0 Å². The van der Waals surface area contributed by atoms with E-state index in [1.165, 1.54) is 12.4 Å². The minimum Gasteiger partial charge on any atom is -0.355 e. The molecule has 0 aliphatic carbocycles. The molecule has 0 saturated carbocycles. The Kier molecular flexibility index (Phi) is 6.46. The van der Waals surface area contributed by atoms with E-state index in [-0.39, 0.29) is 17.3 Å². The van der Waals surface area contributed by atoms with Crippen LogP contribution in [0.2, 0.25) is 0 Å². The molecule has 3 aromatic rings. The smallest absolute Gasteiger partial charge is 0.355 e. The van der Waals surface area contributed by atoms with Gasteiger partial charge in [-0.25, -0.2) is 18.7 Å². The Morgan fingerprint density at radius 1 is 1.00 bits per heavy atom. The van der Waals surface area contributed by atoms with Gasteiger partial charge in [-0.05, 0) is 24.5 Å². The van der Waals surface area contributed by atoms with E-state index in [0.717, 1.165) is 24.4 Å². The molecule has 1 amide bonds. The number of rotatable bonds is 4. The number of carbonyl (C=O) groups excluding carboxylic acids is 1. The number of amides is 1. The first-order chi connectivity index (χ1) is 16.1. The lowest BCUT2D eigenvalue weighted by Crippen LogP contribution is -2.41. The first kappa shape index (κ1) is 23.9. The van der Waals surface area contributed by atoms with Crippen LogP contribution in [0.25, 0.3) is 11.0 Å². The molecule has 0 spiro atoms. The Hall–Kier alpha value is -3.24. The molecule has 2 aromatic heterocycles. The van der Waals surface area contributed by atoms with Crippen LogP contribution in [-0.4, -0.2) is 51.5 Å². The number of hydrogen-bond acceptors (Lipinski definition) is 4. The molecule has 11 heteroatoms. The number of pyridine rings is 1. The van der Waals surface area contributed by atoms with Gasteiger partial charge in [0.1, 0.15) is 11.9 Å². The molecule has 3 heterocycles. The van der Waals surface area contributed by atoms with Crippen LogP contribution in [-0.2, 0) is 11.0 Å². The number of anilines is 1. The largest absolute Gasteiger partial charge is 0.417 e. The van der Waals surface area contributed by atoms with Gasteiger partial charge in [0.15, 0.2) is 11.6 Å². The van der Waals surface area contributed by atoms with Crippen molar-refractivity contribution in [2.45, 2.75) is 32.5 Å². The average molecular weight is 481 g/mol. The minimum atomic E-state index is -4.45. The molecule has 1 aromatic carbocycles. The summed E-state index contributed by atoms with van der Waals surface area (Å²) in [6, 6.07) is 3.70. The summed E-state index contributed by atoms with van der Waals surface area (Å²) >= 11 is 0. The zero-order valence-electron chi connectivity index (χ0n) is 18.7. The molecule has 182 valence electrons. The van der Waals surface area contributed by atoms with Crippen molar-refractivity contribution in [1.29, 1.82) is 0 Å². The van der Waals surface area contributed by atoms with Gasteiger partial charge in [0.25, 0.3) is 0 Å². The van der Waals surface area contributed by atoms with Gasteiger partial charge in [0.05, 0.1) is 22.9 Å². The number of imidazole rings is 1. The van der Waals surface area contributed by atoms with Crippen LogP contribution in [0.3, 0.4) is 0 Å². The number of nitrogens with zero attached hydrogens (tertiary/aromatic N) is 5. The molecule has 1 aliphatic heterocycles. The number of halogens is 5. The summed E-state index contributed by atoms with van der Waals surface area (Å²) in [6.07, 6.45) is -1.62. The molecule has 1 atom stereocenters. The van der Waals surface area contributed by atoms with E-state index in [9.17, 15) is 26.7 Å². The monoisotopic (exact) mass is 481 g/mol. The lowest BCUT2D eigenvalue weighted by molar-refractivity contribution is -0.138.